The summed E-state index contributed by atoms with van der Waals surface area (Å²) in [6.07, 6.45) is 3.20. The molecular formula is C7H8N2OS. The minimum atomic E-state index is 0.330. The lowest BCUT2D eigenvalue weighted by molar-refractivity contribution is 0.413. The number of aromatic nitrogens is 1. The van der Waals surface area contributed by atoms with E-state index in [0.29, 0.717) is 10.7 Å². The molecule has 0 saturated heterocycles. The first-order chi connectivity index (χ1) is 5.24. The van der Waals surface area contributed by atoms with Gasteiger partial charge in [0.25, 0.3) is 0 Å². The third-order valence-electron chi connectivity index (χ3n) is 1.23. The molecule has 4 heteroatoms. The molecule has 0 atom stereocenters. The topological polar surface area (TPSA) is 48.1 Å². The van der Waals surface area contributed by atoms with Crippen LogP contribution in [0.1, 0.15) is 5.56 Å². The molecule has 1 aromatic rings. The van der Waals surface area contributed by atoms with E-state index < -0.39 is 0 Å². The summed E-state index contributed by atoms with van der Waals surface area (Å²) in [4.78, 5) is 4.21. The molecule has 0 saturated carbocycles. The molecule has 3 nitrogen and oxygen atoms in total. The molecule has 0 spiro atoms. The molecule has 0 aliphatic carbocycles. The van der Waals surface area contributed by atoms with E-state index >= 15 is 0 Å². The van der Waals surface area contributed by atoms with Crippen molar-refractivity contribution in [3.05, 3.63) is 24.0 Å². The second kappa shape index (κ2) is 3.30. The van der Waals surface area contributed by atoms with Crippen LogP contribution in [0.2, 0.25) is 0 Å². The van der Waals surface area contributed by atoms with Crippen LogP contribution in [0.15, 0.2) is 18.5 Å². The van der Waals surface area contributed by atoms with Crippen LogP contribution in [-0.2, 0) is 0 Å². The van der Waals surface area contributed by atoms with Gasteiger partial charge in [0.05, 0.1) is 13.3 Å². The van der Waals surface area contributed by atoms with E-state index in [1.807, 2.05) is 0 Å². The third-order valence-corrected chi connectivity index (χ3v) is 1.47. The number of nitrogens with zero attached hydrogens (tertiary/aromatic N) is 1. The summed E-state index contributed by atoms with van der Waals surface area (Å²) in [7, 11) is 1.57. The van der Waals surface area contributed by atoms with Gasteiger partial charge in [-0.25, -0.2) is 0 Å². The number of hydrogen-bond acceptors (Lipinski definition) is 3. The lowest BCUT2D eigenvalue weighted by atomic mass is 10.3. The summed E-state index contributed by atoms with van der Waals surface area (Å²) in [5.41, 5.74) is 6.09. The number of nitrogens with two attached hydrogens (primary N) is 1. The van der Waals surface area contributed by atoms with Crippen LogP contribution in [0.25, 0.3) is 0 Å². The average molecular weight is 168 g/mol. The summed E-state index contributed by atoms with van der Waals surface area (Å²) in [6, 6.07) is 1.75. The van der Waals surface area contributed by atoms with Crippen molar-refractivity contribution in [3.8, 4) is 5.75 Å². The summed E-state index contributed by atoms with van der Waals surface area (Å²) in [6.45, 7) is 0. The SMILES string of the molecule is COc1cncc(C(N)=S)c1. The number of thiocarbonyl (C=S) groups is 1. The molecule has 0 aliphatic rings. The monoisotopic (exact) mass is 168 g/mol. The van der Waals surface area contributed by atoms with Gasteiger partial charge < -0.3 is 10.5 Å². The van der Waals surface area contributed by atoms with Crippen molar-refractivity contribution in [2.45, 2.75) is 0 Å². The Balaban J connectivity index is 3.01. The third kappa shape index (κ3) is 1.88. The van der Waals surface area contributed by atoms with Gasteiger partial charge in [-0.2, -0.15) is 0 Å². The highest BCUT2D eigenvalue weighted by molar-refractivity contribution is 7.80. The van der Waals surface area contributed by atoms with Crippen LogP contribution in [0.4, 0.5) is 0 Å². The summed E-state index contributed by atoms with van der Waals surface area (Å²) in [5.74, 6) is 0.662. The number of hydrogen-bond donors (Lipinski definition) is 1. The van der Waals surface area contributed by atoms with Crippen LogP contribution in [-0.4, -0.2) is 17.1 Å². The molecule has 0 fully saturated rings. The van der Waals surface area contributed by atoms with Crippen molar-refractivity contribution in [2.75, 3.05) is 7.11 Å². The second-order valence-electron chi connectivity index (χ2n) is 1.98. The Bertz CT molecular complexity index is 275. The Morgan fingerprint density at radius 2 is 2.36 bits per heavy atom. The van der Waals surface area contributed by atoms with Crippen LogP contribution in [0.5, 0.6) is 5.75 Å². The van der Waals surface area contributed by atoms with Crippen molar-refractivity contribution in [1.82, 2.24) is 4.98 Å². The number of methoxy groups -OCH3 is 1. The highest BCUT2D eigenvalue weighted by Gasteiger charge is 1.97. The van der Waals surface area contributed by atoms with Gasteiger partial charge in [-0.15, -0.1) is 0 Å². The van der Waals surface area contributed by atoms with Gasteiger partial charge in [0, 0.05) is 11.8 Å². The first-order valence-electron chi connectivity index (χ1n) is 3.03. The lowest BCUT2D eigenvalue weighted by Crippen LogP contribution is -2.09. The molecule has 1 rings (SSSR count). The summed E-state index contributed by atoms with van der Waals surface area (Å²) >= 11 is 4.75. The molecule has 0 aliphatic heterocycles. The Hall–Kier alpha value is -1.16. The quantitative estimate of drug-likeness (QED) is 0.661. The lowest BCUT2D eigenvalue weighted by Gasteiger charge is -2.00. The molecule has 0 radical (unpaired) electrons. The van der Waals surface area contributed by atoms with E-state index in [2.05, 4.69) is 4.98 Å². The molecule has 1 heterocycles. The van der Waals surface area contributed by atoms with E-state index in [1.54, 1.807) is 25.6 Å². The minimum absolute atomic E-state index is 0.330. The first-order valence-corrected chi connectivity index (χ1v) is 3.43. The van der Waals surface area contributed by atoms with Crippen molar-refractivity contribution >= 4 is 17.2 Å². The molecule has 0 aromatic carbocycles. The van der Waals surface area contributed by atoms with Crippen LogP contribution >= 0.6 is 12.2 Å². The Labute approximate surface area is 70.2 Å². The minimum Gasteiger partial charge on any atom is -0.495 e. The molecule has 0 amide bonds. The molecule has 58 valence electrons. The zero-order valence-corrected chi connectivity index (χ0v) is 6.89. The van der Waals surface area contributed by atoms with Crippen LogP contribution in [0, 0.1) is 0 Å². The molecular weight excluding hydrogens is 160 g/mol. The highest BCUT2D eigenvalue weighted by atomic mass is 32.1. The maximum atomic E-state index is 5.37. The van der Waals surface area contributed by atoms with Crippen LogP contribution in [0.3, 0.4) is 0 Å². The van der Waals surface area contributed by atoms with Gasteiger partial charge in [-0.1, -0.05) is 12.2 Å². The Morgan fingerprint density at radius 1 is 1.64 bits per heavy atom. The van der Waals surface area contributed by atoms with Crippen molar-refractivity contribution in [3.63, 3.8) is 0 Å². The van der Waals surface area contributed by atoms with Gasteiger partial charge >= 0.3 is 0 Å². The van der Waals surface area contributed by atoms with Crippen molar-refractivity contribution in [2.24, 2.45) is 5.73 Å². The fraction of sp³-hybridized carbons (Fsp3) is 0.143. The summed E-state index contributed by atoms with van der Waals surface area (Å²) < 4.78 is 4.93. The molecule has 0 unspecified atom stereocenters. The average Bonchev–Trinajstić information content (AvgIpc) is 2.05. The van der Waals surface area contributed by atoms with E-state index in [4.69, 9.17) is 22.7 Å². The van der Waals surface area contributed by atoms with Crippen LogP contribution < -0.4 is 10.5 Å². The van der Waals surface area contributed by atoms with E-state index in [0.717, 1.165) is 5.56 Å². The first kappa shape index (κ1) is 7.94. The maximum Gasteiger partial charge on any atom is 0.137 e. The normalized spacial score (nSPS) is 9.18. The van der Waals surface area contributed by atoms with Gasteiger partial charge in [-0.3, -0.25) is 4.98 Å². The van der Waals surface area contributed by atoms with E-state index in [9.17, 15) is 0 Å². The zero-order valence-electron chi connectivity index (χ0n) is 6.07. The van der Waals surface area contributed by atoms with Gasteiger partial charge in [-0.05, 0) is 6.07 Å². The zero-order chi connectivity index (χ0) is 8.27. The second-order valence-corrected chi connectivity index (χ2v) is 2.42. The largest absolute Gasteiger partial charge is 0.495 e. The molecule has 2 N–H and O–H groups in total. The predicted octanol–water partition coefficient (Wildman–Crippen LogP) is 0.724. The number of pyridine rings is 1. The highest BCUT2D eigenvalue weighted by Crippen LogP contribution is 2.09. The number of rotatable bonds is 2. The smallest absolute Gasteiger partial charge is 0.137 e. The van der Waals surface area contributed by atoms with Gasteiger partial charge in [0.1, 0.15) is 10.7 Å². The van der Waals surface area contributed by atoms with Gasteiger partial charge in [0.15, 0.2) is 0 Å². The maximum absolute atomic E-state index is 5.37. The predicted molar refractivity (Wildman–Crippen MR) is 46.7 cm³/mol. The standard InChI is InChI=1S/C7H8N2OS/c1-10-6-2-5(7(8)11)3-9-4-6/h2-4H,1H3,(H2,8,11). The summed E-state index contributed by atoms with van der Waals surface area (Å²) in [5, 5.41) is 0. The van der Waals surface area contributed by atoms with Crippen molar-refractivity contribution in [1.29, 1.82) is 0 Å². The van der Waals surface area contributed by atoms with E-state index in [-0.39, 0.29) is 0 Å². The Morgan fingerprint density at radius 3 is 2.91 bits per heavy atom. The molecule has 0 bridgehead atoms. The Kier molecular flexibility index (Phi) is 2.38. The van der Waals surface area contributed by atoms with E-state index in [1.165, 1.54) is 0 Å². The fourth-order valence-electron chi connectivity index (χ4n) is 0.665. The van der Waals surface area contributed by atoms with Gasteiger partial charge in [0.2, 0.25) is 0 Å². The molecule has 1 aromatic heterocycles. The fourth-order valence-corrected chi connectivity index (χ4v) is 0.777. The number of ether oxygens (including phenoxy) is 1. The molecule has 11 heavy (non-hydrogen) atoms. The van der Waals surface area contributed by atoms with Crippen molar-refractivity contribution < 1.29 is 4.74 Å².